The van der Waals surface area contributed by atoms with Gasteiger partial charge in [0.2, 0.25) is 0 Å². The summed E-state index contributed by atoms with van der Waals surface area (Å²) in [6.07, 6.45) is 0.827. The average molecular weight is 260 g/mol. The zero-order valence-corrected chi connectivity index (χ0v) is 9.94. The molecule has 0 fully saturated rings. The van der Waals surface area contributed by atoms with E-state index in [4.69, 9.17) is 9.29 Å². The molecule has 1 aromatic carbocycles. The highest BCUT2D eigenvalue weighted by atomic mass is 32.3. The fourth-order valence-electron chi connectivity index (χ4n) is 1.30. The molecule has 0 saturated heterocycles. The van der Waals surface area contributed by atoms with Crippen molar-refractivity contribution in [2.24, 2.45) is 0 Å². The Labute approximate surface area is 99.1 Å². The number of carbonyl (C=O) groups is 1. The zero-order valence-electron chi connectivity index (χ0n) is 9.12. The van der Waals surface area contributed by atoms with E-state index in [1.807, 2.05) is 0 Å². The van der Waals surface area contributed by atoms with E-state index in [0.717, 1.165) is 0 Å². The average Bonchev–Trinajstić information content (AvgIpc) is 2.27. The summed E-state index contributed by atoms with van der Waals surface area (Å²) >= 11 is 0. The third-order valence-corrected chi connectivity index (χ3v) is 2.55. The lowest BCUT2D eigenvalue weighted by atomic mass is 10.1. The van der Waals surface area contributed by atoms with Gasteiger partial charge in [-0.05, 0) is 30.2 Å². The fraction of sp³-hybridized carbons (Fsp3) is 0.300. The summed E-state index contributed by atoms with van der Waals surface area (Å²) < 4.78 is 38.2. The Hall–Kier alpha value is -1.44. The van der Waals surface area contributed by atoms with Crippen molar-refractivity contribution >= 4 is 16.7 Å². The van der Waals surface area contributed by atoms with Crippen LogP contribution in [0.1, 0.15) is 15.9 Å². The van der Waals surface area contributed by atoms with E-state index < -0.39 is 10.4 Å². The molecule has 0 aliphatic carbocycles. The number of methoxy groups -OCH3 is 1. The van der Waals surface area contributed by atoms with Crippen LogP contribution in [0.4, 0.5) is 0 Å². The highest BCUT2D eigenvalue weighted by Gasteiger charge is 2.07. The monoisotopic (exact) mass is 260 g/mol. The minimum absolute atomic E-state index is 0.172. The Morgan fingerprint density at radius 3 is 2.65 bits per heavy atom. The van der Waals surface area contributed by atoms with Crippen LogP contribution >= 0.6 is 0 Å². The summed E-state index contributed by atoms with van der Waals surface area (Å²) in [5, 5.41) is 0. The number of carbonyl (C=O) groups excluding carboxylic acids is 1. The van der Waals surface area contributed by atoms with Crippen molar-refractivity contribution < 1.29 is 26.7 Å². The van der Waals surface area contributed by atoms with Gasteiger partial charge < -0.3 is 4.74 Å². The second kappa shape index (κ2) is 5.76. The van der Waals surface area contributed by atoms with E-state index in [0.29, 0.717) is 23.2 Å². The number of benzene rings is 1. The molecule has 17 heavy (non-hydrogen) atoms. The van der Waals surface area contributed by atoms with Crippen LogP contribution in [0, 0.1) is 0 Å². The molecule has 0 bridgehead atoms. The first-order valence-corrected chi connectivity index (χ1v) is 6.06. The first kappa shape index (κ1) is 13.6. The van der Waals surface area contributed by atoms with Gasteiger partial charge in [-0.2, -0.15) is 8.42 Å². The minimum Gasteiger partial charge on any atom is -0.497 e. The SMILES string of the molecule is COc1ccc(C=O)c(CCOS(=O)(=O)O)c1. The topological polar surface area (TPSA) is 89.9 Å². The predicted octanol–water partition coefficient (Wildman–Crippen LogP) is 0.870. The fourth-order valence-corrected chi connectivity index (χ4v) is 1.59. The lowest BCUT2D eigenvalue weighted by molar-refractivity contribution is 0.112. The van der Waals surface area contributed by atoms with Crippen LogP contribution in [0.3, 0.4) is 0 Å². The molecule has 0 unspecified atom stereocenters. The second-order valence-electron chi connectivity index (χ2n) is 3.18. The molecule has 1 aromatic rings. The van der Waals surface area contributed by atoms with E-state index in [-0.39, 0.29) is 13.0 Å². The van der Waals surface area contributed by atoms with E-state index in [1.165, 1.54) is 7.11 Å². The highest BCUT2D eigenvalue weighted by molar-refractivity contribution is 7.80. The van der Waals surface area contributed by atoms with Crippen LogP contribution in [0.25, 0.3) is 0 Å². The molecule has 94 valence electrons. The standard InChI is InChI=1S/C10H12O6S/c1-15-10-3-2-9(7-11)8(6-10)4-5-16-17(12,13)14/h2-3,6-7H,4-5H2,1H3,(H,12,13,14). The Morgan fingerprint density at radius 2 is 2.12 bits per heavy atom. The number of aldehydes is 1. The summed E-state index contributed by atoms with van der Waals surface area (Å²) in [5.41, 5.74) is 1.01. The minimum atomic E-state index is -4.45. The Kier molecular flexibility index (Phi) is 4.62. The zero-order chi connectivity index (χ0) is 12.9. The van der Waals surface area contributed by atoms with Gasteiger partial charge >= 0.3 is 10.4 Å². The van der Waals surface area contributed by atoms with Crippen molar-refractivity contribution in [1.82, 2.24) is 0 Å². The molecule has 1 rings (SSSR count). The summed E-state index contributed by atoms with van der Waals surface area (Å²) in [4.78, 5) is 10.7. The quantitative estimate of drug-likeness (QED) is 0.603. The largest absolute Gasteiger partial charge is 0.497 e. The molecule has 0 aromatic heterocycles. The molecule has 0 saturated carbocycles. The molecule has 7 heteroatoms. The molecule has 0 aliphatic rings. The molecular formula is C10H12O6S. The van der Waals surface area contributed by atoms with Crippen LogP contribution in [0.15, 0.2) is 18.2 Å². The molecule has 1 N–H and O–H groups in total. The van der Waals surface area contributed by atoms with Crippen LogP contribution in [-0.4, -0.2) is 33.0 Å². The number of rotatable bonds is 6. The van der Waals surface area contributed by atoms with Crippen LogP contribution < -0.4 is 4.74 Å². The van der Waals surface area contributed by atoms with Gasteiger partial charge in [0.05, 0.1) is 13.7 Å². The highest BCUT2D eigenvalue weighted by Crippen LogP contribution is 2.17. The Balaban J connectivity index is 2.77. The number of hydrogen-bond donors (Lipinski definition) is 1. The molecule has 0 heterocycles. The Morgan fingerprint density at radius 1 is 1.41 bits per heavy atom. The van der Waals surface area contributed by atoms with Gasteiger partial charge in [0.1, 0.15) is 12.0 Å². The van der Waals surface area contributed by atoms with Crippen molar-refractivity contribution in [3.8, 4) is 5.75 Å². The summed E-state index contributed by atoms with van der Waals surface area (Å²) in [7, 11) is -2.97. The van der Waals surface area contributed by atoms with Gasteiger partial charge in [-0.1, -0.05) is 0 Å². The van der Waals surface area contributed by atoms with Crippen LogP contribution in [0.5, 0.6) is 5.75 Å². The molecule has 0 atom stereocenters. The van der Waals surface area contributed by atoms with Gasteiger partial charge in [-0.3, -0.25) is 9.35 Å². The van der Waals surface area contributed by atoms with Crippen molar-refractivity contribution in [2.45, 2.75) is 6.42 Å². The lowest BCUT2D eigenvalue weighted by Crippen LogP contribution is -2.08. The second-order valence-corrected chi connectivity index (χ2v) is 4.27. The van der Waals surface area contributed by atoms with Crippen LogP contribution in [-0.2, 0) is 21.0 Å². The van der Waals surface area contributed by atoms with E-state index in [1.54, 1.807) is 18.2 Å². The molecule has 0 aliphatic heterocycles. The first-order chi connectivity index (χ1) is 7.96. The van der Waals surface area contributed by atoms with Crippen molar-refractivity contribution in [3.63, 3.8) is 0 Å². The summed E-state index contributed by atoms with van der Waals surface area (Å²) in [6, 6.07) is 4.79. The summed E-state index contributed by atoms with van der Waals surface area (Å²) in [5.74, 6) is 0.553. The molecule has 0 spiro atoms. The summed E-state index contributed by atoms with van der Waals surface area (Å²) in [6.45, 7) is -0.243. The van der Waals surface area contributed by atoms with Gasteiger partial charge in [0.25, 0.3) is 0 Å². The van der Waals surface area contributed by atoms with Gasteiger partial charge in [-0.25, -0.2) is 4.18 Å². The van der Waals surface area contributed by atoms with Crippen LogP contribution in [0.2, 0.25) is 0 Å². The maximum Gasteiger partial charge on any atom is 0.397 e. The molecule has 0 amide bonds. The molecule has 0 radical (unpaired) electrons. The number of hydrogen-bond acceptors (Lipinski definition) is 5. The van der Waals surface area contributed by atoms with E-state index >= 15 is 0 Å². The smallest absolute Gasteiger partial charge is 0.397 e. The van der Waals surface area contributed by atoms with Gasteiger partial charge in [0.15, 0.2) is 0 Å². The molecule has 6 nitrogen and oxygen atoms in total. The van der Waals surface area contributed by atoms with Gasteiger partial charge in [0, 0.05) is 5.56 Å². The maximum absolute atomic E-state index is 10.7. The number of ether oxygens (including phenoxy) is 1. The lowest BCUT2D eigenvalue weighted by Gasteiger charge is -2.07. The Bertz CT molecular complexity index is 494. The van der Waals surface area contributed by atoms with Gasteiger partial charge in [-0.15, -0.1) is 0 Å². The van der Waals surface area contributed by atoms with E-state index in [9.17, 15) is 13.2 Å². The third-order valence-electron chi connectivity index (χ3n) is 2.08. The predicted molar refractivity (Wildman–Crippen MR) is 59.6 cm³/mol. The van der Waals surface area contributed by atoms with Crippen molar-refractivity contribution in [3.05, 3.63) is 29.3 Å². The third kappa shape index (κ3) is 4.51. The maximum atomic E-state index is 10.7. The van der Waals surface area contributed by atoms with Crippen molar-refractivity contribution in [1.29, 1.82) is 0 Å². The normalized spacial score (nSPS) is 11.2. The van der Waals surface area contributed by atoms with Crippen molar-refractivity contribution in [2.75, 3.05) is 13.7 Å². The van der Waals surface area contributed by atoms with E-state index in [2.05, 4.69) is 4.18 Å². The first-order valence-electron chi connectivity index (χ1n) is 4.70. The molecular weight excluding hydrogens is 248 g/mol.